The van der Waals surface area contributed by atoms with Gasteiger partial charge in [0, 0.05) is 18.2 Å². The van der Waals surface area contributed by atoms with Gasteiger partial charge in [0.25, 0.3) is 0 Å². The largest absolute Gasteiger partial charge is 0.481 e. The van der Waals surface area contributed by atoms with E-state index >= 15 is 0 Å². The van der Waals surface area contributed by atoms with Crippen LogP contribution < -0.4 is 0 Å². The highest BCUT2D eigenvalue weighted by Gasteiger charge is 2.08. The van der Waals surface area contributed by atoms with Crippen LogP contribution in [-0.4, -0.2) is 21.0 Å². The molecule has 0 fully saturated rings. The lowest BCUT2D eigenvalue weighted by atomic mass is 10.0. The van der Waals surface area contributed by atoms with Gasteiger partial charge in [-0.1, -0.05) is 31.2 Å². The topological polar surface area (TPSA) is 63.1 Å². The number of aromatic nitrogens is 2. The minimum absolute atomic E-state index is 0.0907. The van der Waals surface area contributed by atoms with Crippen LogP contribution in [0.1, 0.15) is 24.5 Å². The maximum Gasteiger partial charge on any atom is 0.303 e. The Morgan fingerprint density at radius 2 is 2.00 bits per heavy atom. The molecule has 0 unspecified atom stereocenters. The van der Waals surface area contributed by atoms with Crippen LogP contribution >= 0.6 is 0 Å². The summed E-state index contributed by atoms with van der Waals surface area (Å²) in [5.41, 5.74) is 3.96. The Bertz CT molecular complexity index is 565. The highest BCUT2D eigenvalue weighted by molar-refractivity contribution is 5.68. The first-order valence-electron chi connectivity index (χ1n) is 6.30. The predicted octanol–water partition coefficient (Wildman–Crippen LogP) is 2.72. The monoisotopic (exact) mass is 256 g/mol. The lowest BCUT2D eigenvalue weighted by Crippen LogP contribution is -2.01. The average Bonchev–Trinajstić information content (AvgIpc) is 2.45. The van der Waals surface area contributed by atoms with Crippen LogP contribution in [-0.2, 0) is 17.6 Å². The molecule has 0 bridgehead atoms. The first-order valence-corrected chi connectivity index (χ1v) is 6.30. The summed E-state index contributed by atoms with van der Waals surface area (Å²) in [4.78, 5) is 18.9. The van der Waals surface area contributed by atoms with Crippen LogP contribution in [0.2, 0.25) is 0 Å². The molecule has 0 aliphatic carbocycles. The van der Waals surface area contributed by atoms with Crippen LogP contribution in [0.3, 0.4) is 0 Å². The quantitative estimate of drug-likeness (QED) is 0.893. The smallest absolute Gasteiger partial charge is 0.303 e. The molecule has 1 aromatic carbocycles. The highest BCUT2D eigenvalue weighted by atomic mass is 16.4. The van der Waals surface area contributed by atoms with E-state index in [0.29, 0.717) is 6.42 Å². The summed E-state index contributed by atoms with van der Waals surface area (Å²) >= 11 is 0. The fourth-order valence-electron chi connectivity index (χ4n) is 1.94. The molecule has 19 heavy (non-hydrogen) atoms. The third-order valence-corrected chi connectivity index (χ3v) is 3.03. The zero-order valence-electron chi connectivity index (χ0n) is 10.8. The molecule has 0 spiro atoms. The molecule has 0 amide bonds. The average molecular weight is 256 g/mol. The summed E-state index contributed by atoms with van der Waals surface area (Å²) in [6.45, 7) is 2.11. The Kier molecular flexibility index (Phi) is 4.23. The van der Waals surface area contributed by atoms with E-state index in [2.05, 4.69) is 29.0 Å². The van der Waals surface area contributed by atoms with Crippen LogP contribution in [0.25, 0.3) is 11.3 Å². The lowest BCUT2D eigenvalue weighted by Gasteiger charge is -2.07. The van der Waals surface area contributed by atoms with Crippen LogP contribution in [0.4, 0.5) is 0 Å². The molecule has 2 rings (SSSR count). The van der Waals surface area contributed by atoms with Gasteiger partial charge in [0.05, 0.1) is 5.69 Å². The number of aryl methyl sites for hydroxylation is 2. The summed E-state index contributed by atoms with van der Waals surface area (Å²) in [5.74, 6) is -0.809. The van der Waals surface area contributed by atoms with Gasteiger partial charge in [-0.3, -0.25) is 4.79 Å². The molecule has 1 N–H and O–H groups in total. The van der Waals surface area contributed by atoms with Gasteiger partial charge in [0.15, 0.2) is 0 Å². The minimum atomic E-state index is -0.809. The Morgan fingerprint density at radius 1 is 1.26 bits per heavy atom. The second kappa shape index (κ2) is 6.09. The van der Waals surface area contributed by atoms with E-state index in [-0.39, 0.29) is 6.42 Å². The van der Waals surface area contributed by atoms with E-state index in [9.17, 15) is 4.79 Å². The lowest BCUT2D eigenvalue weighted by molar-refractivity contribution is -0.136. The molecule has 0 saturated heterocycles. The summed E-state index contributed by atoms with van der Waals surface area (Å²) in [6, 6.07) is 8.17. The number of hydrogen-bond donors (Lipinski definition) is 1. The van der Waals surface area contributed by atoms with E-state index < -0.39 is 5.97 Å². The van der Waals surface area contributed by atoms with Gasteiger partial charge in [-0.15, -0.1) is 0 Å². The van der Waals surface area contributed by atoms with Crippen molar-refractivity contribution in [3.63, 3.8) is 0 Å². The number of carbonyl (C=O) groups is 1. The van der Waals surface area contributed by atoms with E-state index in [4.69, 9.17) is 5.11 Å². The number of hydrogen-bond acceptors (Lipinski definition) is 3. The van der Waals surface area contributed by atoms with Gasteiger partial charge in [-0.05, 0) is 24.0 Å². The van der Waals surface area contributed by atoms with Gasteiger partial charge >= 0.3 is 5.97 Å². The third kappa shape index (κ3) is 3.37. The van der Waals surface area contributed by atoms with E-state index in [1.807, 2.05) is 12.1 Å². The molecule has 98 valence electrons. The normalized spacial score (nSPS) is 10.4. The third-order valence-electron chi connectivity index (χ3n) is 3.03. The molecule has 0 atom stereocenters. The number of aliphatic carboxylic acids is 1. The fraction of sp³-hybridized carbons (Fsp3) is 0.267. The van der Waals surface area contributed by atoms with Crippen molar-refractivity contribution in [2.24, 2.45) is 0 Å². The molecular weight excluding hydrogens is 240 g/mol. The Morgan fingerprint density at radius 3 is 2.63 bits per heavy atom. The van der Waals surface area contributed by atoms with E-state index in [1.54, 1.807) is 6.20 Å². The molecule has 1 aromatic heterocycles. The van der Waals surface area contributed by atoms with Crippen molar-refractivity contribution in [1.82, 2.24) is 9.97 Å². The zero-order chi connectivity index (χ0) is 13.7. The van der Waals surface area contributed by atoms with Gasteiger partial charge in [0.1, 0.15) is 6.33 Å². The van der Waals surface area contributed by atoms with Crippen LogP contribution in [0, 0.1) is 0 Å². The van der Waals surface area contributed by atoms with Crippen molar-refractivity contribution in [2.75, 3.05) is 0 Å². The van der Waals surface area contributed by atoms with E-state index in [1.165, 1.54) is 11.9 Å². The molecule has 0 aliphatic heterocycles. The minimum Gasteiger partial charge on any atom is -0.481 e. The van der Waals surface area contributed by atoms with Crippen molar-refractivity contribution in [3.8, 4) is 11.3 Å². The SMILES string of the molecule is CCc1ccc(-c2ncncc2CCC(=O)O)cc1. The Labute approximate surface area is 112 Å². The van der Waals surface area contributed by atoms with E-state index in [0.717, 1.165) is 23.2 Å². The van der Waals surface area contributed by atoms with Crippen molar-refractivity contribution < 1.29 is 9.90 Å². The first kappa shape index (κ1) is 13.2. The highest BCUT2D eigenvalue weighted by Crippen LogP contribution is 2.22. The molecule has 4 nitrogen and oxygen atoms in total. The molecule has 0 aliphatic rings. The van der Waals surface area contributed by atoms with Crippen molar-refractivity contribution >= 4 is 5.97 Å². The van der Waals surface area contributed by atoms with Crippen LogP contribution in [0.15, 0.2) is 36.8 Å². The maximum absolute atomic E-state index is 10.7. The number of nitrogens with zero attached hydrogens (tertiary/aromatic N) is 2. The standard InChI is InChI=1S/C15H16N2O2/c1-2-11-3-5-12(6-4-11)15-13(7-8-14(18)19)9-16-10-17-15/h3-6,9-10H,2,7-8H2,1H3,(H,18,19). The number of benzene rings is 1. The maximum atomic E-state index is 10.7. The van der Waals surface area contributed by atoms with Crippen LogP contribution in [0.5, 0.6) is 0 Å². The molecule has 1 heterocycles. The van der Waals surface area contributed by atoms with Crippen molar-refractivity contribution in [1.29, 1.82) is 0 Å². The zero-order valence-corrected chi connectivity index (χ0v) is 10.8. The van der Waals surface area contributed by atoms with Gasteiger partial charge in [-0.25, -0.2) is 9.97 Å². The molecule has 0 saturated carbocycles. The van der Waals surface area contributed by atoms with Crippen molar-refractivity contribution in [2.45, 2.75) is 26.2 Å². The molecule has 0 radical (unpaired) electrons. The Balaban J connectivity index is 2.29. The number of carboxylic acids is 1. The summed E-state index contributed by atoms with van der Waals surface area (Å²) in [6.07, 6.45) is 4.72. The molecular formula is C15H16N2O2. The van der Waals surface area contributed by atoms with Gasteiger partial charge in [0.2, 0.25) is 0 Å². The van der Waals surface area contributed by atoms with Gasteiger partial charge in [-0.2, -0.15) is 0 Å². The fourth-order valence-corrected chi connectivity index (χ4v) is 1.94. The second-order valence-electron chi connectivity index (χ2n) is 4.34. The molecule has 4 heteroatoms. The van der Waals surface area contributed by atoms with Crippen molar-refractivity contribution in [3.05, 3.63) is 47.9 Å². The first-order chi connectivity index (χ1) is 9.20. The van der Waals surface area contributed by atoms with Gasteiger partial charge < -0.3 is 5.11 Å². The Hall–Kier alpha value is -2.23. The summed E-state index contributed by atoms with van der Waals surface area (Å²) in [7, 11) is 0. The number of carboxylic acid groups (broad SMARTS) is 1. The summed E-state index contributed by atoms with van der Waals surface area (Å²) < 4.78 is 0. The predicted molar refractivity (Wildman–Crippen MR) is 72.8 cm³/mol. The second-order valence-corrected chi connectivity index (χ2v) is 4.34. The number of rotatable bonds is 5. The summed E-state index contributed by atoms with van der Waals surface area (Å²) in [5, 5.41) is 8.76. The molecule has 2 aromatic rings.